The summed E-state index contributed by atoms with van der Waals surface area (Å²) in [5.41, 5.74) is 1.11. The number of halogens is 4. The Morgan fingerprint density at radius 1 is 1.03 bits per heavy atom. The van der Waals surface area contributed by atoms with E-state index in [0.29, 0.717) is 43.2 Å². The molecular weight excluding hydrogens is 498 g/mol. The largest absolute Gasteiger partial charge is 0.415 e. The van der Waals surface area contributed by atoms with Crippen LogP contribution in [0.25, 0.3) is 22.7 Å². The van der Waals surface area contributed by atoms with Crippen LogP contribution < -0.4 is 5.32 Å². The first-order valence-electron chi connectivity index (χ1n) is 11.1. The Balaban J connectivity index is 1.30. The number of morpholine rings is 1. The molecule has 1 saturated heterocycles. The Morgan fingerprint density at radius 3 is 2.49 bits per heavy atom. The van der Waals surface area contributed by atoms with Crippen molar-refractivity contribution in [2.24, 2.45) is 0 Å². The molecule has 0 spiro atoms. The number of rotatable bonds is 6. The van der Waals surface area contributed by atoms with E-state index in [0.717, 1.165) is 12.1 Å². The highest BCUT2D eigenvalue weighted by atomic mass is 19.3. The zero-order valence-electron chi connectivity index (χ0n) is 19.1. The van der Waals surface area contributed by atoms with Crippen molar-refractivity contribution in [1.29, 1.82) is 0 Å². The highest BCUT2D eigenvalue weighted by Gasteiger charge is 2.21. The number of carbonyl (C=O) groups is 1. The number of amides is 2. The van der Waals surface area contributed by atoms with Crippen molar-refractivity contribution in [3.8, 4) is 22.7 Å². The molecule has 0 saturated carbocycles. The van der Waals surface area contributed by atoms with E-state index in [2.05, 4.69) is 25.8 Å². The zero-order valence-corrected chi connectivity index (χ0v) is 19.1. The molecule has 37 heavy (non-hydrogen) atoms. The van der Waals surface area contributed by atoms with Gasteiger partial charge in [-0.25, -0.2) is 18.3 Å². The number of urea groups is 1. The second-order valence-corrected chi connectivity index (χ2v) is 8.08. The fourth-order valence-electron chi connectivity index (χ4n) is 3.71. The van der Waals surface area contributed by atoms with Crippen LogP contribution in [-0.2, 0) is 11.3 Å². The molecule has 0 unspecified atom stereocenters. The van der Waals surface area contributed by atoms with Crippen LogP contribution in [0, 0.1) is 11.6 Å². The van der Waals surface area contributed by atoms with Crippen LogP contribution in [0.2, 0.25) is 0 Å². The van der Waals surface area contributed by atoms with Crippen molar-refractivity contribution in [1.82, 2.24) is 30.1 Å². The first-order chi connectivity index (χ1) is 17.9. The van der Waals surface area contributed by atoms with Gasteiger partial charge in [-0.3, -0.25) is 0 Å². The summed E-state index contributed by atoms with van der Waals surface area (Å²) >= 11 is 0. The van der Waals surface area contributed by atoms with Crippen LogP contribution in [0.15, 0.2) is 47.0 Å². The lowest BCUT2D eigenvalue weighted by atomic mass is 10.1. The van der Waals surface area contributed by atoms with Crippen LogP contribution in [0.1, 0.15) is 17.9 Å². The lowest BCUT2D eigenvalue weighted by molar-refractivity contribution is 0.0564. The molecular formula is C23H19F4N7O3. The minimum Gasteiger partial charge on any atom is -0.415 e. The quantitative estimate of drug-likeness (QED) is 0.383. The van der Waals surface area contributed by atoms with Gasteiger partial charge in [-0.15, -0.1) is 15.3 Å². The van der Waals surface area contributed by atoms with Crippen molar-refractivity contribution < 1.29 is 31.5 Å². The number of alkyl halides is 2. The first kappa shape index (κ1) is 24.4. The van der Waals surface area contributed by atoms with Crippen LogP contribution in [-0.4, -0.2) is 62.4 Å². The molecule has 2 aromatic carbocycles. The van der Waals surface area contributed by atoms with Gasteiger partial charge in [0, 0.05) is 35.5 Å². The van der Waals surface area contributed by atoms with Gasteiger partial charge in [-0.2, -0.15) is 8.78 Å². The third kappa shape index (κ3) is 5.43. The third-order valence-corrected chi connectivity index (χ3v) is 5.58. The maximum atomic E-state index is 14.7. The summed E-state index contributed by atoms with van der Waals surface area (Å²) in [5, 5.41) is 17.4. The number of nitrogens with one attached hydrogen (secondary N) is 1. The number of aromatic nitrogens is 5. The molecule has 14 heteroatoms. The lowest BCUT2D eigenvalue weighted by Gasteiger charge is -2.26. The van der Waals surface area contributed by atoms with Gasteiger partial charge in [-0.05, 0) is 24.3 Å². The third-order valence-electron chi connectivity index (χ3n) is 5.58. The average Bonchev–Trinajstić information content (AvgIpc) is 3.57. The number of ether oxygens (including phenoxy) is 1. The molecule has 0 radical (unpaired) electrons. The summed E-state index contributed by atoms with van der Waals surface area (Å²) in [4.78, 5) is 14.1. The minimum absolute atomic E-state index is 0.173. The highest BCUT2D eigenvalue weighted by molar-refractivity contribution is 5.90. The molecule has 2 amide bonds. The van der Waals surface area contributed by atoms with E-state index in [-0.39, 0.29) is 23.7 Å². The van der Waals surface area contributed by atoms with Crippen molar-refractivity contribution in [3.63, 3.8) is 0 Å². The molecule has 10 nitrogen and oxygen atoms in total. The SMILES string of the molecule is O=C(Nc1cccc(-c2cn(Cc3c(F)cc(-c4nnc(C(F)F)o4)cc3F)nn2)c1)N1CCOCC1. The molecule has 0 bridgehead atoms. The summed E-state index contributed by atoms with van der Waals surface area (Å²) < 4.78 is 66.0. The Morgan fingerprint density at radius 2 is 1.78 bits per heavy atom. The van der Waals surface area contributed by atoms with Crippen molar-refractivity contribution in [2.75, 3.05) is 31.6 Å². The average molecular weight is 517 g/mol. The molecule has 1 fully saturated rings. The second kappa shape index (κ2) is 10.3. The van der Waals surface area contributed by atoms with E-state index in [1.165, 1.54) is 10.9 Å². The van der Waals surface area contributed by atoms with Gasteiger partial charge in [0.15, 0.2) is 0 Å². The summed E-state index contributed by atoms with van der Waals surface area (Å²) in [5.74, 6) is -3.27. The number of anilines is 1. The topological polar surface area (TPSA) is 111 Å². The van der Waals surface area contributed by atoms with E-state index in [9.17, 15) is 22.4 Å². The summed E-state index contributed by atoms with van der Waals surface area (Å²) in [6.07, 6.45) is -1.50. The van der Waals surface area contributed by atoms with Gasteiger partial charge in [0.25, 0.3) is 5.89 Å². The van der Waals surface area contributed by atoms with Crippen molar-refractivity contribution in [3.05, 3.63) is 65.7 Å². The monoisotopic (exact) mass is 517 g/mol. The minimum atomic E-state index is -3.00. The molecule has 1 N–H and O–H groups in total. The molecule has 2 aromatic heterocycles. The Hall–Kier alpha value is -4.33. The predicted molar refractivity (Wildman–Crippen MR) is 121 cm³/mol. The first-order valence-corrected chi connectivity index (χ1v) is 11.1. The number of hydrogen-bond acceptors (Lipinski definition) is 7. The molecule has 5 rings (SSSR count). The fourth-order valence-corrected chi connectivity index (χ4v) is 3.71. The predicted octanol–water partition coefficient (Wildman–Crippen LogP) is 4.12. The second-order valence-electron chi connectivity index (χ2n) is 8.08. The fraction of sp³-hybridized carbons (Fsp3) is 0.261. The van der Waals surface area contributed by atoms with Gasteiger partial charge in [0.1, 0.15) is 17.3 Å². The van der Waals surface area contributed by atoms with Crippen molar-refractivity contribution >= 4 is 11.7 Å². The normalized spacial score (nSPS) is 13.8. The summed E-state index contributed by atoms with van der Waals surface area (Å²) in [6, 6.07) is 8.52. The highest BCUT2D eigenvalue weighted by Crippen LogP contribution is 2.27. The number of hydrogen-bond donors (Lipinski definition) is 1. The number of nitrogens with zero attached hydrogens (tertiary/aromatic N) is 6. The van der Waals surface area contributed by atoms with Gasteiger partial charge in [0.2, 0.25) is 5.89 Å². The number of benzene rings is 2. The molecule has 192 valence electrons. The van der Waals surface area contributed by atoms with Crippen molar-refractivity contribution in [2.45, 2.75) is 13.0 Å². The maximum Gasteiger partial charge on any atom is 0.321 e. The Bertz CT molecular complexity index is 1400. The number of carbonyl (C=O) groups excluding carboxylic acids is 1. The molecule has 0 atom stereocenters. The van der Waals surface area contributed by atoms with Gasteiger partial charge >= 0.3 is 12.5 Å². The summed E-state index contributed by atoms with van der Waals surface area (Å²) in [6.45, 7) is 1.68. The molecule has 0 aliphatic carbocycles. The summed E-state index contributed by atoms with van der Waals surface area (Å²) in [7, 11) is 0. The maximum absolute atomic E-state index is 14.7. The lowest BCUT2D eigenvalue weighted by Crippen LogP contribution is -2.43. The Labute approximate surface area is 206 Å². The van der Waals surface area contributed by atoms with E-state index >= 15 is 0 Å². The van der Waals surface area contributed by atoms with Crippen LogP contribution >= 0.6 is 0 Å². The molecule has 1 aliphatic rings. The molecule has 3 heterocycles. The Kier molecular flexibility index (Phi) is 6.81. The van der Waals surface area contributed by atoms with E-state index in [1.54, 1.807) is 29.2 Å². The van der Waals surface area contributed by atoms with Crippen LogP contribution in [0.3, 0.4) is 0 Å². The molecule has 4 aromatic rings. The van der Waals surface area contributed by atoms with Gasteiger partial charge < -0.3 is 19.4 Å². The van der Waals surface area contributed by atoms with E-state index < -0.39 is 29.8 Å². The van der Waals surface area contributed by atoms with Crippen LogP contribution in [0.5, 0.6) is 0 Å². The zero-order chi connectivity index (χ0) is 25.9. The van der Waals surface area contributed by atoms with Gasteiger partial charge in [0.05, 0.1) is 26.0 Å². The van der Waals surface area contributed by atoms with Gasteiger partial charge in [-0.1, -0.05) is 17.3 Å². The van der Waals surface area contributed by atoms with Crippen LogP contribution in [0.4, 0.5) is 28.0 Å². The molecule has 1 aliphatic heterocycles. The standard InChI is InChI=1S/C23H19F4N7O3/c24-17-9-14(21-30-31-22(37-21)20(26)27)10-18(25)16(17)11-34-12-19(29-32-34)13-2-1-3-15(8-13)28-23(35)33-4-6-36-7-5-33/h1-3,8-10,12,20H,4-7,11H2,(H,28,35). The van der Waals surface area contributed by atoms with E-state index in [1.807, 2.05) is 0 Å². The smallest absolute Gasteiger partial charge is 0.321 e. The van der Waals surface area contributed by atoms with E-state index in [4.69, 9.17) is 9.15 Å².